The third-order valence-corrected chi connectivity index (χ3v) is 10.1. The summed E-state index contributed by atoms with van der Waals surface area (Å²) in [5.74, 6) is 0.577. The number of carbonyl (C=O) groups is 1. The van der Waals surface area contributed by atoms with Crippen LogP contribution in [0.15, 0.2) is 41.5 Å². The number of pyridine rings is 1. The number of halogens is 1. The third-order valence-electron chi connectivity index (χ3n) is 9.81. The number of fused-ring (bicyclic) bond motifs is 3. The molecule has 1 aromatic carbocycles. The number of morpholine rings is 1. The van der Waals surface area contributed by atoms with Gasteiger partial charge in [0.15, 0.2) is 0 Å². The second-order valence-electron chi connectivity index (χ2n) is 12.6. The number of nitrogens with one attached hydrogen (secondary N) is 2. The van der Waals surface area contributed by atoms with Crippen molar-refractivity contribution in [1.82, 2.24) is 25.2 Å². The van der Waals surface area contributed by atoms with Crippen LogP contribution in [0, 0.1) is 0 Å². The van der Waals surface area contributed by atoms with Crippen molar-refractivity contribution < 1.29 is 9.53 Å². The van der Waals surface area contributed by atoms with Crippen molar-refractivity contribution >= 4 is 29.1 Å². The minimum atomic E-state index is -0.162. The summed E-state index contributed by atoms with van der Waals surface area (Å²) in [6, 6.07) is 7.90. The van der Waals surface area contributed by atoms with Gasteiger partial charge >= 0.3 is 0 Å². The fourth-order valence-corrected chi connectivity index (χ4v) is 7.84. The molecule has 0 saturated carbocycles. The quantitative estimate of drug-likeness (QED) is 0.416. The number of anilines is 2. The number of aryl methyl sites for hydroxylation is 1. The van der Waals surface area contributed by atoms with Gasteiger partial charge in [-0.3, -0.25) is 24.5 Å². The van der Waals surface area contributed by atoms with Crippen molar-refractivity contribution in [3.63, 3.8) is 0 Å². The minimum absolute atomic E-state index is 0.0117. The smallest absolute Gasteiger partial charge is 0.255 e. The van der Waals surface area contributed by atoms with E-state index in [0.717, 1.165) is 119 Å². The zero-order chi connectivity index (χ0) is 30.1. The maximum atomic E-state index is 13.3. The molecule has 5 heterocycles. The highest BCUT2D eigenvalue weighted by Gasteiger charge is 2.47. The summed E-state index contributed by atoms with van der Waals surface area (Å²) in [7, 11) is 0. The van der Waals surface area contributed by atoms with Gasteiger partial charge in [-0.25, -0.2) is 4.98 Å². The summed E-state index contributed by atoms with van der Waals surface area (Å²) in [6.45, 7) is 7.65. The summed E-state index contributed by atoms with van der Waals surface area (Å²) < 4.78 is 5.43. The van der Waals surface area contributed by atoms with Crippen LogP contribution in [0.2, 0.25) is 5.02 Å². The van der Waals surface area contributed by atoms with Gasteiger partial charge in [0.25, 0.3) is 11.5 Å². The van der Waals surface area contributed by atoms with Crippen LogP contribution < -0.4 is 20.7 Å². The van der Waals surface area contributed by atoms with E-state index in [2.05, 4.69) is 36.1 Å². The zero-order valence-corrected chi connectivity index (χ0v) is 25.9. The van der Waals surface area contributed by atoms with Crippen molar-refractivity contribution in [1.29, 1.82) is 0 Å². The molecule has 2 N–H and O–H groups in total. The first-order valence-electron chi connectivity index (χ1n) is 15.9. The van der Waals surface area contributed by atoms with E-state index in [0.29, 0.717) is 29.6 Å². The summed E-state index contributed by atoms with van der Waals surface area (Å²) in [5.41, 5.74) is 5.51. The molecule has 4 aliphatic rings. The number of aromatic amines is 1. The lowest BCUT2D eigenvalue weighted by Gasteiger charge is -2.40. The first-order chi connectivity index (χ1) is 21.5. The number of nitrogens with zero attached hydrogens (tertiary/aromatic N) is 5. The number of piperidine rings is 1. The van der Waals surface area contributed by atoms with Gasteiger partial charge in [-0.2, -0.15) is 0 Å². The van der Waals surface area contributed by atoms with E-state index in [1.807, 2.05) is 24.4 Å². The number of rotatable bonds is 7. The van der Waals surface area contributed by atoms with Gasteiger partial charge < -0.3 is 19.9 Å². The van der Waals surface area contributed by atoms with E-state index in [-0.39, 0.29) is 16.9 Å². The molecule has 2 saturated heterocycles. The maximum Gasteiger partial charge on any atom is 0.255 e. The largest absolute Gasteiger partial charge is 0.379 e. The molecule has 232 valence electrons. The molecule has 2 aromatic heterocycles. The normalized spacial score (nSPS) is 19.6. The Morgan fingerprint density at radius 2 is 1.93 bits per heavy atom. The predicted octanol–water partition coefficient (Wildman–Crippen LogP) is 3.32. The Hall–Kier alpha value is -3.47. The van der Waals surface area contributed by atoms with Crippen LogP contribution in [0.1, 0.15) is 58.4 Å². The summed E-state index contributed by atoms with van der Waals surface area (Å²) >= 11 is 7.10. The lowest BCUT2D eigenvalue weighted by molar-refractivity contribution is 0.0383. The van der Waals surface area contributed by atoms with Crippen LogP contribution in [0.5, 0.6) is 0 Å². The predicted molar refractivity (Wildman–Crippen MR) is 171 cm³/mol. The summed E-state index contributed by atoms with van der Waals surface area (Å²) in [6.07, 6.45) is 9.25. The molecular weight excluding hydrogens is 578 g/mol. The van der Waals surface area contributed by atoms with Crippen LogP contribution in [0.4, 0.5) is 11.6 Å². The van der Waals surface area contributed by atoms with Crippen molar-refractivity contribution in [3.8, 4) is 0 Å². The molecule has 2 fully saturated rings. The molecule has 7 rings (SSSR count). The highest BCUT2D eigenvalue weighted by atomic mass is 35.5. The van der Waals surface area contributed by atoms with Gasteiger partial charge in [0, 0.05) is 97.6 Å². The number of benzene rings is 1. The van der Waals surface area contributed by atoms with Crippen LogP contribution in [-0.4, -0.2) is 84.8 Å². The Kier molecular flexibility index (Phi) is 8.31. The van der Waals surface area contributed by atoms with E-state index in [1.165, 1.54) is 0 Å². The van der Waals surface area contributed by atoms with E-state index in [4.69, 9.17) is 21.3 Å². The van der Waals surface area contributed by atoms with Crippen LogP contribution >= 0.6 is 11.6 Å². The number of aromatic nitrogens is 3. The van der Waals surface area contributed by atoms with Crippen molar-refractivity contribution in [2.75, 3.05) is 68.8 Å². The van der Waals surface area contributed by atoms with Gasteiger partial charge in [0.1, 0.15) is 0 Å². The molecule has 0 unspecified atom stereocenters. The molecule has 1 spiro atoms. The summed E-state index contributed by atoms with van der Waals surface area (Å²) in [5, 5.41) is 3.74. The highest BCUT2D eigenvalue weighted by Crippen LogP contribution is 2.51. The SMILES string of the molecule is O=C(NCCN1CCOCC1)c1cc(Cl)c2c(c1)N(Cc1cccnc1)CC21CCN(c2nc3c(c(=O)[nH]2)CCCC3)CC1. The maximum absolute atomic E-state index is 13.3. The Bertz CT molecular complexity index is 1570. The number of hydrogen-bond acceptors (Lipinski definition) is 8. The number of carbonyl (C=O) groups excluding carboxylic acids is 1. The summed E-state index contributed by atoms with van der Waals surface area (Å²) in [4.78, 5) is 45.4. The van der Waals surface area contributed by atoms with Crippen molar-refractivity contribution in [2.24, 2.45) is 0 Å². The molecule has 11 heteroatoms. The molecular formula is C33H40ClN7O3. The van der Waals surface area contributed by atoms with Crippen molar-refractivity contribution in [2.45, 2.75) is 50.5 Å². The first kappa shape index (κ1) is 29.3. The minimum Gasteiger partial charge on any atom is -0.379 e. The van der Waals surface area contributed by atoms with Crippen LogP contribution in [-0.2, 0) is 29.5 Å². The van der Waals surface area contributed by atoms with Crippen LogP contribution in [0.3, 0.4) is 0 Å². The van der Waals surface area contributed by atoms with Gasteiger partial charge in [0.2, 0.25) is 5.95 Å². The lowest BCUT2D eigenvalue weighted by Crippen LogP contribution is -2.46. The monoisotopic (exact) mass is 617 g/mol. The topological polar surface area (TPSA) is 107 Å². The lowest BCUT2D eigenvalue weighted by atomic mass is 9.74. The Morgan fingerprint density at radius 3 is 2.73 bits per heavy atom. The molecule has 0 bridgehead atoms. The molecule has 1 aliphatic carbocycles. The average Bonchev–Trinajstić information content (AvgIpc) is 3.34. The average molecular weight is 618 g/mol. The number of amides is 1. The number of hydrogen-bond donors (Lipinski definition) is 2. The van der Waals surface area contributed by atoms with Gasteiger partial charge in [-0.05, 0) is 62.3 Å². The van der Waals surface area contributed by atoms with E-state index in [9.17, 15) is 9.59 Å². The Balaban J connectivity index is 1.12. The molecule has 1 amide bonds. The molecule has 44 heavy (non-hydrogen) atoms. The second-order valence-corrected chi connectivity index (χ2v) is 13.0. The van der Waals surface area contributed by atoms with Gasteiger partial charge in [-0.15, -0.1) is 0 Å². The molecule has 3 aromatic rings. The number of ether oxygens (including phenoxy) is 1. The van der Waals surface area contributed by atoms with E-state index in [1.54, 1.807) is 6.20 Å². The zero-order valence-electron chi connectivity index (χ0n) is 25.1. The fraction of sp³-hybridized carbons (Fsp3) is 0.515. The van der Waals surface area contributed by atoms with E-state index < -0.39 is 0 Å². The standard InChI is InChI=1S/C33H40ClN7O3/c34-26-18-24(30(42)36-10-13-39-14-16-44-17-15-39)19-28-29(26)33(22-41(28)21-23-4-3-9-35-20-23)7-11-40(12-8-33)32-37-27-6-2-1-5-25(27)31(43)38-32/h3-4,9,18-20H,1-2,5-8,10-17,21-22H2,(H,36,42)(H,37,38,43). The Morgan fingerprint density at radius 1 is 1.11 bits per heavy atom. The first-order valence-corrected chi connectivity index (χ1v) is 16.3. The van der Waals surface area contributed by atoms with Crippen molar-refractivity contribution in [3.05, 3.63) is 80.0 Å². The highest BCUT2D eigenvalue weighted by molar-refractivity contribution is 6.32. The third kappa shape index (κ3) is 5.82. The molecule has 0 radical (unpaired) electrons. The number of H-pyrrole nitrogens is 1. The van der Waals surface area contributed by atoms with Gasteiger partial charge in [0.05, 0.1) is 18.9 Å². The molecule has 10 nitrogen and oxygen atoms in total. The molecule has 3 aliphatic heterocycles. The van der Waals surface area contributed by atoms with E-state index >= 15 is 0 Å². The second kappa shape index (κ2) is 12.5. The molecule has 0 atom stereocenters. The Labute approximate surface area is 262 Å². The van der Waals surface area contributed by atoms with Gasteiger partial charge in [-0.1, -0.05) is 17.7 Å². The fourth-order valence-electron chi connectivity index (χ4n) is 7.43. The van der Waals surface area contributed by atoms with Crippen LogP contribution in [0.25, 0.3) is 0 Å².